The molecule has 0 radical (unpaired) electrons. The molecular formula is C10H13N3O3. The van der Waals surface area contributed by atoms with Crippen LogP contribution in [0.2, 0.25) is 0 Å². The highest BCUT2D eigenvalue weighted by Gasteiger charge is 2.35. The van der Waals surface area contributed by atoms with Gasteiger partial charge in [0.1, 0.15) is 11.7 Å². The van der Waals surface area contributed by atoms with E-state index >= 15 is 0 Å². The number of hydrogen-bond acceptors (Lipinski definition) is 4. The Hall–Kier alpha value is -1.85. The molecule has 1 aliphatic rings. The topological polar surface area (TPSA) is 75.3 Å². The average Bonchev–Trinajstić information content (AvgIpc) is 2.97. The number of ether oxygens (including phenoxy) is 1. The van der Waals surface area contributed by atoms with Crippen LogP contribution in [0.4, 0.5) is 0 Å². The minimum absolute atomic E-state index is 0.203. The number of methoxy groups -OCH3 is 1. The van der Waals surface area contributed by atoms with Crippen molar-refractivity contribution in [3.05, 3.63) is 18.0 Å². The molecular weight excluding hydrogens is 210 g/mol. The molecule has 2 heterocycles. The number of amides is 1. The minimum atomic E-state index is -0.458. The van der Waals surface area contributed by atoms with Crippen molar-refractivity contribution in [2.45, 2.75) is 18.9 Å². The van der Waals surface area contributed by atoms with Gasteiger partial charge < -0.3 is 9.64 Å². The molecule has 1 fully saturated rings. The number of carbonyl (C=O) groups excluding carboxylic acids is 2. The van der Waals surface area contributed by atoms with Crippen molar-refractivity contribution in [2.24, 2.45) is 0 Å². The Morgan fingerprint density at radius 2 is 2.44 bits per heavy atom. The van der Waals surface area contributed by atoms with Gasteiger partial charge in [-0.25, -0.2) is 4.79 Å². The first kappa shape index (κ1) is 10.7. The van der Waals surface area contributed by atoms with Crippen molar-refractivity contribution in [1.82, 2.24) is 15.1 Å². The number of esters is 1. The van der Waals surface area contributed by atoms with Crippen LogP contribution in [-0.2, 0) is 9.53 Å². The van der Waals surface area contributed by atoms with Gasteiger partial charge in [-0.15, -0.1) is 0 Å². The number of rotatable bonds is 2. The first-order chi connectivity index (χ1) is 7.74. The van der Waals surface area contributed by atoms with E-state index in [2.05, 4.69) is 14.9 Å². The molecule has 0 aromatic carbocycles. The third kappa shape index (κ3) is 1.78. The first-order valence-corrected chi connectivity index (χ1v) is 5.12. The van der Waals surface area contributed by atoms with E-state index in [-0.39, 0.29) is 11.9 Å². The van der Waals surface area contributed by atoms with Gasteiger partial charge in [0, 0.05) is 12.7 Å². The summed E-state index contributed by atoms with van der Waals surface area (Å²) < 4.78 is 4.67. The van der Waals surface area contributed by atoms with Crippen molar-refractivity contribution in [2.75, 3.05) is 13.7 Å². The van der Waals surface area contributed by atoms with Crippen molar-refractivity contribution in [3.63, 3.8) is 0 Å². The van der Waals surface area contributed by atoms with Gasteiger partial charge in [0.2, 0.25) is 0 Å². The number of aromatic amines is 1. The number of aromatic nitrogens is 2. The third-order valence-electron chi connectivity index (χ3n) is 2.72. The highest BCUT2D eigenvalue weighted by Crippen LogP contribution is 2.20. The lowest BCUT2D eigenvalue weighted by Gasteiger charge is -2.21. The fraction of sp³-hybridized carbons (Fsp3) is 0.500. The predicted octanol–water partition coefficient (Wildman–Crippen LogP) is 0.187. The van der Waals surface area contributed by atoms with Crippen molar-refractivity contribution in [3.8, 4) is 0 Å². The van der Waals surface area contributed by atoms with Crippen LogP contribution in [0.25, 0.3) is 0 Å². The quantitative estimate of drug-likeness (QED) is 0.726. The summed E-state index contributed by atoms with van der Waals surface area (Å²) in [5.74, 6) is -0.559. The molecule has 1 aromatic heterocycles. The van der Waals surface area contributed by atoms with Gasteiger partial charge in [0.25, 0.3) is 5.91 Å². The number of nitrogens with one attached hydrogen (secondary N) is 1. The summed E-state index contributed by atoms with van der Waals surface area (Å²) in [6, 6.07) is 1.13. The number of carbonyl (C=O) groups is 2. The Balaban J connectivity index is 2.14. The highest BCUT2D eigenvalue weighted by atomic mass is 16.5. The summed E-state index contributed by atoms with van der Waals surface area (Å²) in [5.41, 5.74) is 0.399. The largest absolute Gasteiger partial charge is 0.467 e. The smallest absolute Gasteiger partial charge is 0.328 e. The van der Waals surface area contributed by atoms with Crippen LogP contribution < -0.4 is 0 Å². The molecule has 86 valence electrons. The second-order valence-electron chi connectivity index (χ2n) is 3.65. The lowest BCUT2D eigenvalue weighted by atomic mass is 10.2. The van der Waals surface area contributed by atoms with Crippen LogP contribution in [0.3, 0.4) is 0 Å². The van der Waals surface area contributed by atoms with E-state index in [1.165, 1.54) is 18.2 Å². The molecule has 1 aromatic rings. The molecule has 0 saturated carbocycles. The van der Waals surface area contributed by atoms with E-state index in [4.69, 9.17) is 0 Å². The Morgan fingerprint density at radius 1 is 1.62 bits per heavy atom. The fourth-order valence-corrected chi connectivity index (χ4v) is 1.92. The number of nitrogens with zero attached hydrogens (tertiary/aromatic N) is 2. The van der Waals surface area contributed by atoms with Crippen LogP contribution in [0, 0.1) is 0 Å². The van der Waals surface area contributed by atoms with Gasteiger partial charge >= 0.3 is 5.97 Å². The summed E-state index contributed by atoms with van der Waals surface area (Å²) >= 11 is 0. The van der Waals surface area contributed by atoms with E-state index < -0.39 is 6.04 Å². The molecule has 0 spiro atoms. The van der Waals surface area contributed by atoms with Crippen LogP contribution in [-0.4, -0.2) is 46.7 Å². The fourth-order valence-electron chi connectivity index (χ4n) is 1.92. The summed E-state index contributed by atoms with van der Waals surface area (Å²) in [4.78, 5) is 25.0. The van der Waals surface area contributed by atoms with Crippen LogP contribution in [0.5, 0.6) is 0 Å². The zero-order valence-corrected chi connectivity index (χ0v) is 8.97. The van der Waals surface area contributed by atoms with Gasteiger partial charge in [-0.3, -0.25) is 9.89 Å². The molecule has 1 aliphatic heterocycles. The maximum atomic E-state index is 12.0. The lowest BCUT2D eigenvalue weighted by molar-refractivity contribution is -0.145. The second kappa shape index (κ2) is 4.34. The zero-order valence-electron chi connectivity index (χ0n) is 8.97. The highest BCUT2D eigenvalue weighted by molar-refractivity contribution is 5.95. The minimum Gasteiger partial charge on any atom is -0.467 e. The zero-order chi connectivity index (χ0) is 11.5. The molecule has 6 nitrogen and oxygen atoms in total. The van der Waals surface area contributed by atoms with Gasteiger partial charge in [-0.05, 0) is 18.9 Å². The third-order valence-corrected chi connectivity index (χ3v) is 2.72. The lowest BCUT2D eigenvalue weighted by Crippen LogP contribution is -2.41. The molecule has 0 bridgehead atoms. The van der Waals surface area contributed by atoms with Crippen LogP contribution in [0.15, 0.2) is 12.3 Å². The van der Waals surface area contributed by atoms with E-state index in [1.807, 2.05) is 0 Å². The predicted molar refractivity (Wildman–Crippen MR) is 54.7 cm³/mol. The summed E-state index contributed by atoms with van der Waals surface area (Å²) in [6.07, 6.45) is 2.99. The van der Waals surface area contributed by atoms with Crippen molar-refractivity contribution in [1.29, 1.82) is 0 Å². The summed E-state index contributed by atoms with van der Waals surface area (Å²) in [5, 5.41) is 6.31. The van der Waals surface area contributed by atoms with Crippen molar-refractivity contribution < 1.29 is 14.3 Å². The van der Waals surface area contributed by atoms with Gasteiger partial charge in [0.05, 0.1) is 7.11 Å². The van der Waals surface area contributed by atoms with Gasteiger partial charge in [-0.2, -0.15) is 5.10 Å². The van der Waals surface area contributed by atoms with Crippen LogP contribution in [0.1, 0.15) is 23.3 Å². The normalized spacial score (nSPS) is 19.8. The Labute approximate surface area is 92.6 Å². The molecule has 0 aliphatic carbocycles. The Morgan fingerprint density at radius 3 is 3.06 bits per heavy atom. The summed E-state index contributed by atoms with van der Waals surface area (Å²) in [7, 11) is 1.33. The number of H-pyrrole nitrogens is 1. The van der Waals surface area contributed by atoms with Crippen LogP contribution >= 0.6 is 0 Å². The maximum Gasteiger partial charge on any atom is 0.328 e. The molecule has 1 saturated heterocycles. The van der Waals surface area contributed by atoms with E-state index in [0.29, 0.717) is 18.7 Å². The Bertz CT molecular complexity index is 388. The number of hydrogen-bond donors (Lipinski definition) is 1. The monoisotopic (exact) mass is 223 g/mol. The summed E-state index contributed by atoms with van der Waals surface area (Å²) in [6.45, 7) is 0.581. The maximum absolute atomic E-state index is 12.0. The molecule has 1 N–H and O–H groups in total. The van der Waals surface area contributed by atoms with Crippen molar-refractivity contribution >= 4 is 11.9 Å². The second-order valence-corrected chi connectivity index (χ2v) is 3.65. The standard InChI is InChI=1S/C10H13N3O3/c1-16-10(15)8-3-2-6-13(8)9(14)7-4-5-11-12-7/h4-5,8H,2-3,6H2,1H3,(H,11,12). The molecule has 1 atom stereocenters. The van der Waals surface area contributed by atoms with Gasteiger partial charge in [0.15, 0.2) is 0 Å². The SMILES string of the molecule is COC(=O)C1CCCN1C(=O)c1ccn[nH]1. The van der Waals surface area contributed by atoms with Gasteiger partial charge in [-0.1, -0.05) is 0 Å². The number of likely N-dealkylation sites (tertiary alicyclic amines) is 1. The van der Waals surface area contributed by atoms with E-state index in [1.54, 1.807) is 6.07 Å². The Kier molecular flexibility index (Phi) is 2.89. The van der Waals surface area contributed by atoms with E-state index in [0.717, 1.165) is 6.42 Å². The molecule has 1 unspecified atom stereocenters. The first-order valence-electron chi connectivity index (χ1n) is 5.12. The molecule has 6 heteroatoms. The molecule has 2 rings (SSSR count). The molecule has 16 heavy (non-hydrogen) atoms. The van der Waals surface area contributed by atoms with E-state index in [9.17, 15) is 9.59 Å². The molecule has 1 amide bonds. The average molecular weight is 223 g/mol.